The molecule has 3 heteroatoms. The standard InChI is InChI=1S/C11H13ClOS/c12-9-3-1-2-4-11(9)14-7-10(13)8-5-6-8/h1-4,8,10,13H,5-7H2. The van der Waals surface area contributed by atoms with Crippen LogP contribution in [-0.4, -0.2) is 17.0 Å². The summed E-state index contributed by atoms with van der Waals surface area (Å²) in [7, 11) is 0. The highest BCUT2D eigenvalue weighted by atomic mass is 35.5. The molecule has 2 rings (SSSR count). The molecule has 1 aliphatic rings. The summed E-state index contributed by atoms with van der Waals surface area (Å²) in [6.07, 6.45) is 2.21. The lowest BCUT2D eigenvalue weighted by Gasteiger charge is -2.09. The second-order valence-electron chi connectivity index (χ2n) is 3.65. The van der Waals surface area contributed by atoms with E-state index in [0.717, 1.165) is 15.7 Å². The number of rotatable bonds is 4. The number of halogens is 1. The van der Waals surface area contributed by atoms with E-state index in [9.17, 15) is 5.11 Å². The number of hydrogen-bond acceptors (Lipinski definition) is 2. The van der Waals surface area contributed by atoms with Crippen molar-refractivity contribution in [1.82, 2.24) is 0 Å². The SMILES string of the molecule is OC(CSc1ccccc1Cl)C1CC1. The lowest BCUT2D eigenvalue weighted by atomic mass is 10.3. The molecule has 1 aliphatic carbocycles. The molecule has 1 saturated carbocycles. The molecule has 1 unspecified atom stereocenters. The normalized spacial score (nSPS) is 18.1. The Labute approximate surface area is 93.5 Å². The number of aliphatic hydroxyl groups excluding tert-OH is 1. The second-order valence-corrected chi connectivity index (χ2v) is 5.12. The summed E-state index contributed by atoms with van der Waals surface area (Å²) >= 11 is 7.64. The van der Waals surface area contributed by atoms with E-state index in [1.807, 2.05) is 24.3 Å². The summed E-state index contributed by atoms with van der Waals surface area (Å²) in [5.74, 6) is 1.30. The second kappa shape index (κ2) is 4.56. The fourth-order valence-electron chi connectivity index (χ4n) is 1.35. The third-order valence-corrected chi connectivity index (χ3v) is 4.03. The Bertz CT molecular complexity index is 312. The van der Waals surface area contributed by atoms with Gasteiger partial charge in [0, 0.05) is 10.6 Å². The van der Waals surface area contributed by atoms with Crippen molar-refractivity contribution in [2.45, 2.75) is 23.8 Å². The molecule has 1 aromatic rings. The fourth-order valence-corrected chi connectivity index (χ4v) is 2.66. The molecule has 0 radical (unpaired) electrons. The minimum Gasteiger partial charge on any atom is -0.392 e. The predicted molar refractivity (Wildman–Crippen MR) is 60.9 cm³/mol. The van der Waals surface area contributed by atoms with E-state index in [4.69, 9.17) is 11.6 Å². The van der Waals surface area contributed by atoms with Crippen LogP contribution in [0, 0.1) is 5.92 Å². The van der Waals surface area contributed by atoms with Crippen LogP contribution in [0.5, 0.6) is 0 Å². The van der Waals surface area contributed by atoms with Crippen LogP contribution >= 0.6 is 23.4 Å². The van der Waals surface area contributed by atoms with E-state index in [1.54, 1.807) is 11.8 Å². The molecule has 14 heavy (non-hydrogen) atoms. The van der Waals surface area contributed by atoms with Crippen molar-refractivity contribution < 1.29 is 5.11 Å². The van der Waals surface area contributed by atoms with Gasteiger partial charge >= 0.3 is 0 Å². The van der Waals surface area contributed by atoms with Gasteiger partial charge in [-0.25, -0.2) is 0 Å². The van der Waals surface area contributed by atoms with Crippen molar-refractivity contribution in [2.24, 2.45) is 5.92 Å². The molecule has 0 spiro atoms. The molecule has 1 atom stereocenters. The molecular formula is C11H13ClOS. The van der Waals surface area contributed by atoms with Crippen LogP contribution < -0.4 is 0 Å². The zero-order valence-corrected chi connectivity index (χ0v) is 9.39. The smallest absolute Gasteiger partial charge is 0.0662 e. The Morgan fingerprint density at radius 1 is 1.43 bits per heavy atom. The van der Waals surface area contributed by atoms with Gasteiger partial charge in [-0.1, -0.05) is 23.7 Å². The van der Waals surface area contributed by atoms with Gasteiger partial charge in [-0.15, -0.1) is 11.8 Å². The molecule has 1 N–H and O–H groups in total. The van der Waals surface area contributed by atoms with Gasteiger partial charge in [0.25, 0.3) is 0 Å². The average molecular weight is 229 g/mol. The Kier molecular flexibility index (Phi) is 3.37. The minimum atomic E-state index is -0.156. The maximum atomic E-state index is 9.68. The number of benzene rings is 1. The molecule has 0 heterocycles. The maximum absolute atomic E-state index is 9.68. The molecular weight excluding hydrogens is 216 g/mol. The van der Waals surface area contributed by atoms with Crippen molar-refractivity contribution in [2.75, 3.05) is 5.75 Å². The first-order valence-corrected chi connectivity index (χ1v) is 6.19. The molecule has 1 fully saturated rings. The largest absolute Gasteiger partial charge is 0.392 e. The minimum absolute atomic E-state index is 0.156. The van der Waals surface area contributed by atoms with Gasteiger partial charge in [0.1, 0.15) is 0 Å². The molecule has 1 aromatic carbocycles. The quantitative estimate of drug-likeness (QED) is 0.799. The highest BCUT2D eigenvalue weighted by Crippen LogP contribution is 2.36. The average Bonchev–Trinajstić information content (AvgIpc) is 2.99. The van der Waals surface area contributed by atoms with Crippen LogP contribution in [0.3, 0.4) is 0 Å². The number of hydrogen-bond donors (Lipinski definition) is 1. The van der Waals surface area contributed by atoms with E-state index >= 15 is 0 Å². The van der Waals surface area contributed by atoms with Gasteiger partial charge in [-0.05, 0) is 30.9 Å². The first-order valence-electron chi connectivity index (χ1n) is 4.83. The molecule has 0 amide bonds. The predicted octanol–water partition coefficient (Wildman–Crippen LogP) is 3.20. The van der Waals surface area contributed by atoms with E-state index < -0.39 is 0 Å². The molecule has 0 bridgehead atoms. The van der Waals surface area contributed by atoms with Gasteiger partial charge in [-0.3, -0.25) is 0 Å². The van der Waals surface area contributed by atoms with Gasteiger partial charge in [0.05, 0.1) is 11.1 Å². The van der Waals surface area contributed by atoms with Crippen LogP contribution in [0.2, 0.25) is 5.02 Å². The van der Waals surface area contributed by atoms with Gasteiger partial charge in [0.15, 0.2) is 0 Å². The summed E-state index contributed by atoms with van der Waals surface area (Å²) in [6, 6.07) is 7.77. The topological polar surface area (TPSA) is 20.2 Å². The maximum Gasteiger partial charge on any atom is 0.0662 e. The Morgan fingerprint density at radius 2 is 2.14 bits per heavy atom. The van der Waals surface area contributed by atoms with Gasteiger partial charge in [0.2, 0.25) is 0 Å². The number of aliphatic hydroxyl groups is 1. The third kappa shape index (κ3) is 2.66. The summed E-state index contributed by atoms with van der Waals surface area (Å²) in [6.45, 7) is 0. The van der Waals surface area contributed by atoms with Crippen LogP contribution in [0.25, 0.3) is 0 Å². The first-order chi connectivity index (χ1) is 6.77. The van der Waals surface area contributed by atoms with Crippen molar-refractivity contribution in [3.05, 3.63) is 29.3 Å². The molecule has 76 valence electrons. The Hall–Kier alpha value is -0.180. The zero-order chi connectivity index (χ0) is 9.97. The lowest BCUT2D eigenvalue weighted by Crippen LogP contribution is -2.11. The van der Waals surface area contributed by atoms with E-state index in [0.29, 0.717) is 5.92 Å². The van der Waals surface area contributed by atoms with E-state index in [2.05, 4.69) is 0 Å². The highest BCUT2D eigenvalue weighted by molar-refractivity contribution is 7.99. The molecule has 0 saturated heterocycles. The summed E-state index contributed by atoms with van der Waals surface area (Å²) in [5, 5.41) is 10.5. The van der Waals surface area contributed by atoms with E-state index in [1.165, 1.54) is 12.8 Å². The molecule has 0 aliphatic heterocycles. The Balaban J connectivity index is 1.87. The zero-order valence-electron chi connectivity index (χ0n) is 7.82. The van der Waals surface area contributed by atoms with Crippen LogP contribution in [0.15, 0.2) is 29.2 Å². The van der Waals surface area contributed by atoms with Crippen molar-refractivity contribution in [3.63, 3.8) is 0 Å². The fraction of sp³-hybridized carbons (Fsp3) is 0.455. The number of thioether (sulfide) groups is 1. The van der Waals surface area contributed by atoms with Crippen molar-refractivity contribution in [1.29, 1.82) is 0 Å². The van der Waals surface area contributed by atoms with Gasteiger partial charge < -0.3 is 5.11 Å². The van der Waals surface area contributed by atoms with Crippen molar-refractivity contribution in [3.8, 4) is 0 Å². The monoisotopic (exact) mass is 228 g/mol. The Morgan fingerprint density at radius 3 is 2.79 bits per heavy atom. The van der Waals surface area contributed by atoms with Crippen LogP contribution in [-0.2, 0) is 0 Å². The first kappa shape index (κ1) is 10.3. The molecule has 0 aromatic heterocycles. The lowest BCUT2D eigenvalue weighted by molar-refractivity contribution is 0.176. The third-order valence-electron chi connectivity index (χ3n) is 2.41. The van der Waals surface area contributed by atoms with Crippen molar-refractivity contribution >= 4 is 23.4 Å². The summed E-state index contributed by atoms with van der Waals surface area (Å²) < 4.78 is 0. The van der Waals surface area contributed by atoms with E-state index in [-0.39, 0.29) is 6.10 Å². The van der Waals surface area contributed by atoms with Crippen LogP contribution in [0.1, 0.15) is 12.8 Å². The molecule has 1 nitrogen and oxygen atoms in total. The highest BCUT2D eigenvalue weighted by Gasteiger charge is 2.29. The van der Waals surface area contributed by atoms with Gasteiger partial charge in [-0.2, -0.15) is 0 Å². The summed E-state index contributed by atoms with van der Waals surface area (Å²) in [5.41, 5.74) is 0. The summed E-state index contributed by atoms with van der Waals surface area (Å²) in [4.78, 5) is 1.06. The van der Waals surface area contributed by atoms with Crippen LogP contribution in [0.4, 0.5) is 0 Å².